The minimum absolute atomic E-state index is 0.0653. The molecule has 0 bridgehead atoms. The van der Waals surface area contributed by atoms with Crippen LogP contribution in [0.3, 0.4) is 0 Å². The zero-order valence-electron chi connectivity index (χ0n) is 14.3. The summed E-state index contributed by atoms with van der Waals surface area (Å²) in [5.74, 6) is 0. The second kappa shape index (κ2) is 8.33. The summed E-state index contributed by atoms with van der Waals surface area (Å²) >= 11 is 0. The number of hydrogen-bond acceptors (Lipinski definition) is 4. The molecule has 7 heteroatoms. The van der Waals surface area contributed by atoms with Crippen molar-refractivity contribution in [2.45, 2.75) is 24.9 Å². The molecule has 0 aliphatic carbocycles. The van der Waals surface area contributed by atoms with Gasteiger partial charge in [0.1, 0.15) is 11.8 Å². The van der Waals surface area contributed by atoms with Gasteiger partial charge in [0.25, 0.3) is 0 Å². The molecule has 0 amide bonds. The molecule has 1 aliphatic heterocycles. The highest BCUT2D eigenvalue weighted by Gasteiger charge is 2.30. The maximum Gasteiger partial charge on any atom is 0.416 e. The maximum atomic E-state index is 12.7. The van der Waals surface area contributed by atoms with E-state index in [1.165, 1.54) is 12.1 Å². The quantitative estimate of drug-likeness (QED) is 0.723. The molecule has 1 heterocycles. The Labute approximate surface area is 154 Å². The molecule has 27 heavy (non-hydrogen) atoms. The normalized spacial score (nSPS) is 16.9. The molecule has 2 aromatic carbocycles. The van der Waals surface area contributed by atoms with Crippen molar-refractivity contribution in [3.8, 4) is 6.07 Å². The monoisotopic (exact) mass is 374 g/mol. The number of hydrogen-bond donors (Lipinski definition) is 0. The summed E-state index contributed by atoms with van der Waals surface area (Å²) in [4.78, 5) is 4.50. The Kier molecular flexibility index (Phi) is 5.89. The lowest BCUT2D eigenvalue weighted by Gasteiger charge is -2.17. The van der Waals surface area contributed by atoms with E-state index in [2.05, 4.69) is 4.99 Å². The number of nitrogens with zero attached hydrogens (tertiary/aromatic N) is 2. The SMILES string of the molecule is N#CC(=N[C@H](CC1OCCO1)c1ccccc1)c1ccc(C(F)(F)F)cc1. The number of aliphatic imine (C=N–C) groups is 1. The summed E-state index contributed by atoms with van der Waals surface area (Å²) < 4.78 is 49.2. The zero-order chi connectivity index (χ0) is 19.3. The predicted octanol–water partition coefficient (Wildman–Crippen LogP) is 4.52. The van der Waals surface area contributed by atoms with Crippen LogP contribution < -0.4 is 0 Å². The lowest BCUT2D eigenvalue weighted by molar-refractivity contribution is -0.137. The van der Waals surface area contributed by atoms with E-state index in [1.807, 2.05) is 36.4 Å². The molecule has 2 aromatic rings. The zero-order valence-corrected chi connectivity index (χ0v) is 14.3. The van der Waals surface area contributed by atoms with E-state index < -0.39 is 24.1 Å². The molecule has 0 aromatic heterocycles. The number of rotatable bonds is 5. The Morgan fingerprint density at radius 3 is 2.26 bits per heavy atom. The third-order valence-corrected chi connectivity index (χ3v) is 4.17. The van der Waals surface area contributed by atoms with Crippen molar-refractivity contribution >= 4 is 5.71 Å². The smallest absolute Gasteiger partial charge is 0.350 e. The molecule has 0 saturated carbocycles. The van der Waals surface area contributed by atoms with E-state index >= 15 is 0 Å². The van der Waals surface area contributed by atoms with Crippen molar-refractivity contribution < 1.29 is 22.6 Å². The first kappa shape index (κ1) is 19.1. The van der Waals surface area contributed by atoms with Crippen LogP contribution in [0.15, 0.2) is 59.6 Å². The summed E-state index contributed by atoms with van der Waals surface area (Å²) in [6, 6.07) is 15.3. The molecule has 0 N–H and O–H groups in total. The number of nitriles is 1. The molecular weight excluding hydrogens is 357 g/mol. The third-order valence-electron chi connectivity index (χ3n) is 4.17. The molecule has 0 spiro atoms. The first-order chi connectivity index (χ1) is 13.0. The van der Waals surface area contributed by atoms with Crippen LogP contribution in [0.4, 0.5) is 13.2 Å². The van der Waals surface area contributed by atoms with Crippen molar-refractivity contribution in [2.75, 3.05) is 13.2 Å². The Morgan fingerprint density at radius 1 is 1.07 bits per heavy atom. The maximum absolute atomic E-state index is 12.7. The topological polar surface area (TPSA) is 54.6 Å². The minimum atomic E-state index is -4.42. The highest BCUT2D eigenvalue weighted by Crippen LogP contribution is 2.30. The van der Waals surface area contributed by atoms with Gasteiger partial charge in [0, 0.05) is 12.0 Å². The lowest BCUT2D eigenvalue weighted by Crippen LogP contribution is -2.14. The van der Waals surface area contributed by atoms with Gasteiger partial charge >= 0.3 is 6.18 Å². The molecule has 0 unspecified atom stereocenters. The summed E-state index contributed by atoms with van der Waals surface area (Å²) in [5.41, 5.74) is 0.502. The summed E-state index contributed by atoms with van der Waals surface area (Å²) in [6.45, 7) is 1.000. The van der Waals surface area contributed by atoms with Crippen LogP contribution in [-0.4, -0.2) is 25.2 Å². The van der Waals surface area contributed by atoms with E-state index in [1.54, 1.807) is 0 Å². The van der Waals surface area contributed by atoms with Gasteiger partial charge in [0.15, 0.2) is 6.29 Å². The van der Waals surface area contributed by atoms with Gasteiger partial charge in [0.05, 0.1) is 24.8 Å². The van der Waals surface area contributed by atoms with E-state index in [0.717, 1.165) is 17.7 Å². The fraction of sp³-hybridized carbons (Fsp3) is 0.300. The average molecular weight is 374 g/mol. The number of alkyl halides is 3. The van der Waals surface area contributed by atoms with Crippen molar-refractivity contribution in [3.05, 3.63) is 71.3 Å². The highest BCUT2D eigenvalue weighted by atomic mass is 19.4. The molecule has 140 valence electrons. The van der Waals surface area contributed by atoms with Crippen LogP contribution in [0.2, 0.25) is 0 Å². The second-order valence-electron chi connectivity index (χ2n) is 6.00. The fourth-order valence-corrected chi connectivity index (χ4v) is 2.80. The molecule has 1 aliphatic rings. The van der Waals surface area contributed by atoms with E-state index in [9.17, 15) is 18.4 Å². The van der Waals surface area contributed by atoms with Crippen LogP contribution in [0.1, 0.15) is 29.2 Å². The van der Waals surface area contributed by atoms with E-state index in [4.69, 9.17) is 9.47 Å². The molecule has 0 radical (unpaired) electrons. The summed E-state index contributed by atoms with van der Waals surface area (Å²) in [5, 5.41) is 9.50. The molecule has 4 nitrogen and oxygen atoms in total. The van der Waals surface area contributed by atoms with Gasteiger partial charge in [0.2, 0.25) is 0 Å². The highest BCUT2D eigenvalue weighted by molar-refractivity contribution is 6.11. The van der Waals surface area contributed by atoms with Gasteiger partial charge in [-0.3, -0.25) is 4.99 Å². The Morgan fingerprint density at radius 2 is 1.70 bits per heavy atom. The lowest BCUT2D eigenvalue weighted by atomic mass is 10.0. The van der Waals surface area contributed by atoms with Gasteiger partial charge in [-0.25, -0.2) is 0 Å². The first-order valence-corrected chi connectivity index (χ1v) is 8.41. The van der Waals surface area contributed by atoms with Crippen molar-refractivity contribution in [1.29, 1.82) is 5.26 Å². The minimum Gasteiger partial charge on any atom is -0.350 e. The number of benzene rings is 2. The Hall–Kier alpha value is -2.69. The van der Waals surface area contributed by atoms with Crippen LogP contribution in [0.25, 0.3) is 0 Å². The van der Waals surface area contributed by atoms with Gasteiger partial charge < -0.3 is 9.47 Å². The number of halogens is 3. The fourth-order valence-electron chi connectivity index (χ4n) is 2.80. The van der Waals surface area contributed by atoms with Crippen LogP contribution in [0, 0.1) is 11.3 Å². The second-order valence-corrected chi connectivity index (χ2v) is 6.00. The van der Waals surface area contributed by atoms with Crippen molar-refractivity contribution in [2.24, 2.45) is 4.99 Å². The Bertz CT molecular complexity index is 821. The molecular formula is C20H17F3N2O2. The van der Waals surface area contributed by atoms with Crippen molar-refractivity contribution in [3.63, 3.8) is 0 Å². The Balaban J connectivity index is 1.90. The standard InChI is InChI=1S/C20H17F3N2O2/c21-20(22,23)16-8-6-15(7-9-16)18(13-24)25-17(12-19-26-10-11-27-19)14-4-2-1-3-5-14/h1-9,17,19H,10-12H2/t17-/m1/s1. The third kappa shape index (κ3) is 4.94. The van der Waals surface area contributed by atoms with Crippen molar-refractivity contribution in [1.82, 2.24) is 0 Å². The van der Waals surface area contributed by atoms with Gasteiger partial charge in [-0.2, -0.15) is 18.4 Å². The van der Waals surface area contributed by atoms with Crippen LogP contribution in [0.5, 0.6) is 0 Å². The molecule has 1 atom stereocenters. The molecule has 1 fully saturated rings. The van der Waals surface area contributed by atoms with Crippen LogP contribution >= 0.6 is 0 Å². The summed E-state index contributed by atoms with van der Waals surface area (Å²) in [6.07, 6.45) is -4.44. The van der Waals surface area contributed by atoms with Gasteiger partial charge in [-0.15, -0.1) is 0 Å². The van der Waals surface area contributed by atoms with Gasteiger partial charge in [-0.05, 0) is 17.7 Å². The average Bonchev–Trinajstić information content (AvgIpc) is 3.18. The first-order valence-electron chi connectivity index (χ1n) is 8.41. The predicted molar refractivity (Wildman–Crippen MR) is 93.1 cm³/mol. The summed E-state index contributed by atoms with van der Waals surface area (Å²) in [7, 11) is 0. The van der Waals surface area contributed by atoms with Crippen LogP contribution in [-0.2, 0) is 15.7 Å². The van der Waals surface area contributed by atoms with E-state index in [0.29, 0.717) is 25.2 Å². The van der Waals surface area contributed by atoms with E-state index in [-0.39, 0.29) is 5.71 Å². The molecule has 1 saturated heterocycles. The largest absolute Gasteiger partial charge is 0.416 e. The van der Waals surface area contributed by atoms with Gasteiger partial charge in [-0.1, -0.05) is 42.5 Å². The molecule has 3 rings (SSSR count). The number of ether oxygens (including phenoxy) is 2.